The molecule has 202 valence electrons. The van der Waals surface area contributed by atoms with E-state index in [9.17, 15) is 19.2 Å². The van der Waals surface area contributed by atoms with Crippen LogP contribution < -0.4 is 21.8 Å². The summed E-state index contributed by atoms with van der Waals surface area (Å²) >= 11 is 0. The van der Waals surface area contributed by atoms with Crippen molar-refractivity contribution >= 4 is 23.8 Å². The highest BCUT2D eigenvalue weighted by molar-refractivity contribution is 5.97. The average Bonchev–Trinajstić information content (AvgIpc) is 2.74. The molecule has 0 aromatic heterocycles. The minimum absolute atomic E-state index is 0.259. The van der Waals surface area contributed by atoms with Gasteiger partial charge in [0.1, 0.15) is 5.60 Å². The van der Waals surface area contributed by atoms with Crippen LogP contribution >= 0.6 is 0 Å². The second-order valence-electron chi connectivity index (χ2n) is 11.1. The van der Waals surface area contributed by atoms with Gasteiger partial charge in [-0.05, 0) is 45.0 Å². The van der Waals surface area contributed by atoms with E-state index in [1.807, 2.05) is 27.7 Å². The Kier molecular flexibility index (Phi) is 11.3. The van der Waals surface area contributed by atoms with Gasteiger partial charge in [-0.15, -0.1) is 0 Å². The van der Waals surface area contributed by atoms with Gasteiger partial charge in [-0.25, -0.2) is 4.79 Å². The van der Waals surface area contributed by atoms with Gasteiger partial charge in [0, 0.05) is 35.0 Å². The molecule has 0 spiro atoms. The number of amides is 4. The SMILES string of the molecule is CC(C)(CNC(=O)CONC(=O)OC(C)(C)C)COCC(C)(C)CNC(=O)c1ccc(C(N)=O)cc1. The van der Waals surface area contributed by atoms with Crippen LogP contribution in [-0.2, 0) is 19.1 Å². The lowest BCUT2D eigenvalue weighted by Gasteiger charge is -2.29. The number of hydrogen-bond acceptors (Lipinski definition) is 7. The molecule has 1 aromatic carbocycles. The van der Waals surface area contributed by atoms with Crippen LogP contribution in [0.15, 0.2) is 24.3 Å². The van der Waals surface area contributed by atoms with Crippen molar-refractivity contribution in [1.82, 2.24) is 16.1 Å². The number of primary amides is 1. The molecule has 1 aromatic rings. The van der Waals surface area contributed by atoms with Gasteiger partial charge in [-0.3, -0.25) is 19.2 Å². The Morgan fingerprint density at radius 3 is 1.81 bits per heavy atom. The summed E-state index contributed by atoms with van der Waals surface area (Å²) in [6.45, 7) is 14.1. The number of carbonyl (C=O) groups is 4. The first-order valence-corrected chi connectivity index (χ1v) is 11.6. The molecule has 0 bridgehead atoms. The Hall–Kier alpha value is -3.18. The van der Waals surface area contributed by atoms with Crippen molar-refractivity contribution in [1.29, 1.82) is 0 Å². The second-order valence-corrected chi connectivity index (χ2v) is 11.1. The Morgan fingerprint density at radius 2 is 1.31 bits per heavy atom. The van der Waals surface area contributed by atoms with Gasteiger partial charge in [0.2, 0.25) is 11.8 Å². The number of benzene rings is 1. The van der Waals surface area contributed by atoms with Crippen molar-refractivity contribution in [2.45, 2.75) is 54.1 Å². The van der Waals surface area contributed by atoms with Crippen LogP contribution in [0, 0.1) is 10.8 Å². The van der Waals surface area contributed by atoms with E-state index in [-0.39, 0.29) is 23.3 Å². The normalized spacial score (nSPS) is 12.0. The molecular formula is C25H40N4O7. The number of hydroxylamine groups is 1. The van der Waals surface area contributed by atoms with E-state index in [2.05, 4.69) is 16.1 Å². The summed E-state index contributed by atoms with van der Waals surface area (Å²) in [7, 11) is 0. The van der Waals surface area contributed by atoms with E-state index in [0.29, 0.717) is 37.4 Å². The molecule has 0 atom stereocenters. The third kappa shape index (κ3) is 13.1. The number of rotatable bonds is 13. The number of ether oxygens (including phenoxy) is 2. The number of carbonyl (C=O) groups excluding carboxylic acids is 4. The average molecular weight is 509 g/mol. The zero-order chi connectivity index (χ0) is 27.6. The van der Waals surface area contributed by atoms with E-state index in [1.54, 1.807) is 32.9 Å². The van der Waals surface area contributed by atoms with Crippen LogP contribution in [0.2, 0.25) is 0 Å². The summed E-state index contributed by atoms with van der Waals surface area (Å²) in [5.74, 6) is -1.21. The van der Waals surface area contributed by atoms with Gasteiger partial charge < -0.3 is 25.8 Å². The molecule has 0 radical (unpaired) electrons. The highest BCUT2D eigenvalue weighted by atomic mass is 16.7. The smallest absolute Gasteiger partial charge is 0.431 e. The van der Waals surface area contributed by atoms with E-state index in [0.717, 1.165) is 0 Å². The van der Waals surface area contributed by atoms with Crippen molar-refractivity contribution in [3.63, 3.8) is 0 Å². The molecule has 11 nitrogen and oxygen atoms in total. The fourth-order valence-corrected chi connectivity index (χ4v) is 2.76. The topological polar surface area (TPSA) is 158 Å². The first-order valence-electron chi connectivity index (χ1n) is 11.6. The van der Waals surface area contributed by atoms with Gasteiger partial charge in [0.15, 0.2) is 6.61 Å². The van der Waals surface area contributed by atoms with Crippen molar-refractivity contribution in [2.24, 2.45) is 16.6 Å². The molecular weight excluding hydrogens is 468 g/mol. The van der Waals surface area contributed by atoms with Gasteiger partial charge in [-0.1, -0.05) is 27.7 Å². The van der Waals surface area contributed by atoms with E-state index in [4.69, 9.17) is 20.0 Å². The Labute approximate surface area is 212 Å². The quantitative estimate of drug-likeness (QED) is 0.297. The zero-order valence-corrected chi connectivity index (χ0v) is 22.3. The monoisotopic (exact) mass is 508 g/mol. The standard InChI is InChI=1S/C25H40N4O7/c1-23(2,3)36-22(33)29-35-12-19(30)27-13-24(4,5)15-34-16-25(6,7)14-28-21(32)18-10-8-17(9-11-18)20(26)31/h8-11H,12-16H2,1-7H3,(H2,26,31)(H,27,30)(H,28,32)(H,29,33). The van der Waals surface area contributed by atoms with Crippen LogP contribution in [0.5, 0.6) is 0 Å². The molecule has 36 heavy (non-hydrogen) atoms. The maximum atomic E-state index is 12.4. The summed E-state index contributed by atoms with van der Waals surface area (Å²) in [4.78, 5) is 51.9. The van der Waals surface area contributed by atoms with E-state index >= 15 is 0 Å². The van der Waals surface area contributed by atoms with Crippen LogP contribution in [-0.4, -0.2) is 62.3 Å². The Balaban J connectivity index is 2.33. The van der Waals surface area contributed by atoms with Crippen LogP contribution in [0.4, 0.5) is 4.79 Å². The molecule has 0 fully saturated rings. The maximum Gasteiger partial charge on any atom is 0.431 e. The third-order valence-electron chi connectivity index (χ3n) is 4.67. The molecule has 0 heterocycles. The number of hydrogen-bond donors (Lipinski definition) is 4. The van der Waals surface area contributed by atoms with E-state index < -0.39 is 23.5 Å². The predicted molar refractivity (Wildman–Crippen MR) is 134 cm³/mol. The molecule has 0 saturated heterocycles. The van der Waals surface area contributed by atoms with Crippen molar-refractivity contribution in [3.8, 4) is 0 Å². The Bertz CT molecular complexity index is 906. The van der Waals surface area contributed by atoms with Crippen LogP contribution in [0.3, 0.4) is 0 Å². The highest BCUT2D eigenvalue weighted by Gasteiger charge is 2.24. The molecule has 1 rings (SSSR count). The molecule has 0 aliphatic rings. The van der Waals surface area contributed by atoms with Crippen LogP contribution in [0.25, 0.3) is 0 Å². The van der Waals surface area contributed by atoms with Gasteiger partial charge in [0.05, 0.1) is 13.2 Å². The third-order valence-corrected chi connectivity index (χ3v) is 4.67. The van der Waals surface area contributed by atoms with Crippen molar-refractivity contribution in [2.75, 3.05) is 32.9 Å². The molecule has 0 aliphatic carbocycles. The molecule has 0 saturated carbocycles. The predicted octanol–water partition coefficient (Wildman–Crippen LogP) is 2.16. The largest absolute Gasteiger partial charge is 0.442 e. The zero-order valence-electron chi connectivity index (χ0n) is 22.3. The fraction of sp³-hybridized carbons (Fsp3) is 0.600. The minimum Gasteiger partial charge on any atom is -0.442 e. The fourth-order valence-electron chi connectivity index (χ4n) is 2.76. The van der Waals surface area contributed by atoms with Crippen molar-refractivity contribution < 1.29 is 33.5 Å². The second kappa shape index (κ2) is 13.2. The first kappa shape index (κ1) is 30.9. The summed E-state index contributed by atoms with van der Waals surface area (Å²) in [6.07, 6.45) is -0.774. The molecule has 0 aliphatic heterocycles. The highest BCUT2D eigenvalue weighted by Crippen LogP contribution is 2.19. The summed E-state index contributed by atoms with van der Waals surface area (Å²) in [6, 6.07) is 6.12. The first-order chi connectivity index (χ1) is 16.5. The number of nitrogens with two attached hydrogens (primary N) is 1. The molecule has 11 heteroatoms. The maximum absolute atomic E-state index is 12.4. The lowest BCUT2D eigenvalue weighted by atomic mass is 9.93. The lowest BCUT2D eigenvalue weighted by Crippen LogP contribution is -2.41. The van der Waals surface area contributed by atoms with Gasteiger partial charge in [-0.2, -0.15) is 5.48 Å². The molecule has 0 unspecified atom stereocenters. The summed E-state index contributed by atoms with van der Waals surface area (Å²) in [5.41, 5.74) is 6.67. The minimum atomic E-state index is -0.774. The van der Waals surface area contributed by atoms with Crippen molar-refractivity contribution in [3.05, 3.63) is 35.4 Å². The van der Waals surface area contributed by atoms with Gasteiger partial charge in [0.25, 0.3) is 5.91 Å². The van der Waals surface area contributed by atoms with Crippen LogP contribution in [0.1, 0.15) is 69.2 Å². The van der Waals surface area contributed by atoms with E-state index in [1.165, 1.54) is 12.1 Å². The number of nitrogens with one attached hydrogen (secondary N) is 3. The molecule has 4 amide bonds. The van der Waals surface area contributed by atoms with Gasteiger partial charge >= 0.3 is 6.09 Å². The molecule has 5 N–H and O–H groups in total. The summed E-state index contributed by atoms with van der Waals surface area (Å²) in [5, 5.41) is 5.61. The summed E-state index contributed by atoms with van der Waals surface area (Å²) < 4.78 is 10.9. The lowest BCUT2D eigenvalue weighted by molar-refractivity contribution is -0.128. The Morgan fingerprint density at radius 1 is 0.806 bits per heavy atom.